The number of rotatable bonds is 4. The molecule has 2 saturated heterocycles. The molecule has 0 N–H and O–H groups in total. The van der Waals surface area contributed by atoms with E-state index in [-0.39, 0.29) is 11.9 Å². The first-order valence-electron chi connectivity index (χ1n) is 10.1. The maximum absolute atomic E-state index is 12.8. The molecular formula is C21H27N5O2. The number of hydrogen-bond acceptors (Lipinski definition) is 6. The highest BCUT2D eigenvalue weighted by Gasteiger charge is 2.28. The Balaban J connectivity index is 1.52. The van der Waals surface area contributed by atoms with Crippen LogP contribution in [0.25, 0.3) is 0 Å². The van der Waals surface area contributed by atoms with E-state index < -0.39 is 0 Å². The minimum Gasteiger partial charge on any atom is -0.378 e. The largest absolute Gasteiger partial charge is 0.378 e. The van der Waals surface area contributed by atoms with Gasteiger partial charge < -0.3 is 9.64 Å². The smallest absolute Gasteiger partial charge is 0.257 e. The molecule has 0 aromatic carbocycles. The second-order valence-corrected chi connectivity index (χ2v) is 7.43. The third-order valence-electron chi connectivity index (χ3n) is 5.53. The maximum atomic E-state index is 12.8. The molecule has 2 aromatic heterocycles. The Kier molecular flexibility index (Phi) is 5.92. The summed E-state index contributed by atoms with van der Waals surface area (Å²) in [5.74, 6) is 0.813. The number of aromatic nitrogens is 3. The average Bonchev–Trinajstić information content (AvgIpc) is 2.75. The van der Waals surface area contributed by atoms with Crippen molar-refractivity contribution in [1.29, 1.82) is 0 Å². The number of carbonyl (C=O) groups is 1. The van der Waals surface area contributed by atoms with Gasteiger partial charge in [-0.1, -0.05) is 12.5 Å². The number of pyridine rings is 1. The number of carbonyl (C=O) groups excluding carboxylic acids is 1. The molecule has 1 atom stereocenters. The molecule has 0 unspecified atom stereocenters. The van der Waals surface area contributed by atoms with Crippen molar-refractivity contribution >= 4 is 5.91 Å². The number of morpholine rings is 1. The number of nitrogens with zero attached hydrogens (tertiary/aromatic N) is 5. The van der Waals surface area contributed by atoms with Gasteiger partial charge in [0.1, 0.15) is 5.82 Å². The summed E-state index contributed by atoms with van der Waals surface area (Å²) in [5.41, 5.74) is 2.41. The molecule has 2 aromatic rings. The van der Waals surface area contributed by atoms with Gasteiger partial charge in [0.25, 0.3) is 5.91 Å². The molecule has 0 aliphatic carbocycles. The highest BCUT2D eigenvalue weighted by Crippen LogP contribution is 2.30. The second kappa shape index (κ2) is 8.75. The normalized spacial score (nSPS) is 20.9. The van der Waals surface area contributed by atoms with Crippen LogP contribution in [0.1, 0.15) is 52.9 Å². The number of likely N-dealkylation sites (tertiary alicyclic amines) is 1. The second-order valence-electron chi connectivity index (χ2n) is 7.43. The van der Waals surface area contributed by atoms with Crippen molar-refractivity contribution in [2.75, 3.05) is 32.8 Å². The lowest BCUT2D eigenvalue weighted by Gasteiger charge is -2.34. The number of aryl methyl sites for hydroxylation is 1. The fourth-order valence-electron chi connectivity index (χ4n) is 3.96. The number of piperidine rings is 1. The van der Waals surface area contributed by atoms with Crippen LogP contribution >= 0.6 is 0 Å². The van der Waals surface area contributed by atoms with Gasteiger partial charge in [-0.25, -0.2) is 9.97 Å². The molecule has 148 valence electrons. The average molecular weight is 381 g/mol. The first kappa shape index (κ1) is 19.0. The summed E-state index contributed by atoms with van der Waals surface area (Å²) >= 11 is 0. The summed E-state index contributed by atoms with van der Waals surface area (Å²) in [6.07, 6.45) is 6.92. The zero-order valence-corrected chi connectivity index (χ0v) is 16.4. The van der Waals surface area contributed by atoms with E-state index in [4.69, 9.17) is 9.72 Å². The summed E-state index contributed by atoms with van der Waals surface area (Å²) in [4.78, 5) is 30.9. The van der Waals surface area contributed by atoms with Gasteiger partial charge >= 0.3 is 0 Å². The van der Waals surface area contributed by atoms with Crippen LogP contribution in [0.3, 0.4) is 0 Å². The van der Waals surface area contributed by atoms with Crippen LogP contribution in [0.5, 0.6) is 0 Å². The standard InChI is InChI=1S/C21H27N5O2/c1-16-18(21(27)25-10-12-28-13-11-25)14-23-20(24-16)19-7-3-5-9-26(19)15-17-6-2-4-8-22-17/h2,4,6,8,14,19H,3,5,7,9-13,15H2,1H3/t19-/m1/s1. The van der Waals surface area contributed by atoms with Crippen LogP contribution in [-0.2, 0) is 11.3 Å². The van der Waals surface area contributed by atoms with Crippen molar-refractivity contribution in [1.82, 2.24) is 24.8 Å². The lowest BCUT2D eigenvalue weighted by molar-refractivity contribution is 0.0301. The monoisotopic (exact) mass is 381 g/mol. The van der Waals surface area contributed by atoms with Gasteiger partial charge in [-0.3, -0.25) is 14.7 Å². The van der Waals surface area contributed by atoms with Crippen molar-refractivity contribution in [3.63, 3.8) is 0 Å². The Hall–Kier alpha value is -2.38. The van der Waals surface area contributed by atoms with Crippen LogP contribution in [-0.4, -0.2) is 63.5 Å². The molecule has 2 aliphatic heterocycles. The van der Waals surface area contributed by atoms with E-state index in [2.05, 4.69) is 20.9 Å². The van der Waals surface area contributed by atoms with E-state index >= 15 is 0 Å². The van der Waals surface area contributed by atoms with Crippen molar-refractivity contribution < 1.29 is 9.53 Å². The Labute approximate surface area is 165 Å². The van der Waals surface area contributed by atoms with Gasteiger partial charge in [0.15, 0.2) is 0 Å². The van der Waals surface area contributed by atoms with Gasteiger partial charge in [-0.05, 0) is 38.4 Å². The van der Waals surface area contributed by atoms with Gasteiger partial charge in [0.2, 0.25) is 0 Å². The Morgan fingerprint density at radius 1 is 1.18 bits per heavy atom. The SMILES string of the molecule is Cc1nc([C@H]2CCCCN2Cc2ccccn2)ncc1C(=O)N1CCOCC1. The van der Waals surface area contributed by atoms with Crippen LogP contribution in [0, 0.1) is 6.92 Å². The third-order valence-corrected chi connectivity index (χ3v) is 5.53. The first-order chi connectivity index (χ1) is 13.7. The highest BCUT2D eigenvalue weighted by atomic mass is 16.5. The molecule has 2 fully saturated rings. The van der Waals surface area contributed by atoms with Crippen molar-refractivity contribution in [3.8, 4) is 0 Å². The Morgan fingerprint density at radius 3 is 2.79 bits per heavy atom. The van der Waals surface area contributed by atoms with Crippen molar-refractivity contribution in [2.45, 2.75) is 38.8 Å². The number of hydrogen-bond donors (Lipinski definition) is 0. The Morgan fingerprint density at radius 2 is 2.04 bits per heavy atom. The quantitative estimate of drug-likeness (QED) is 0.810. The first-order valence-corrected chi connectivity index (χ1v) is 10.1. The van der Waals surface area contributed by atoms with Crippen LogP contribution in [0.15, 0.2) is 30.6 Å². The predicted octanol–water partition coefficient (Wildman–Crippen LogP) is 2.38. The molecular weight excluding hydrogens is 354 g/mol. The predicted molar refractivity (Wildman–Crippen MR) is 105 cm³/mol. The summed E-state index contributed by atoms with van der Waals surface area (Å²) < 4.78 is 5.34. The third kappa shape index (κ3) is 4.20. The zero-order chi connectivity index (χ0) is 19.3. The lowest BCUT2D eigenvalue weighted by atomic mass is 10.0. The van der Waals surface area contributed by atoms with Crippen molar-refractivity contribution in [2.24, 2.45) is 0 Å². The van der Waals surface area contributed by atoms with Gasteiger partial charge in [-0.15, -0.1) is 0 Å². The van der Waals surface area contributed by atoms with E-state index in [0.29, 0.717) is 31.9 Å². The van der Waals surface area contributed by atoms with Crippen LogP contribution in [0.4, 0.5) is 0 Å². The molecule has 1 amide bonds. The van der Waals surface area contributed by atoms with E-state index in [1.807, 2.05) is 30.2 Å². The fourth-order valence-corrected chi connectivity index (χ4v) is 3.96. The van der Waals surface area contributed by atoms with E-state index in [1.165, 1.54) is 12.8 Å². The maximum Gasteiger partial charge on any atom is 0.257 e. The molecule has 0 radical (unpaired) electrons. The summed E-state index contributed by atoms with van der Waals surface area (Å²) in [6, 6.07) is 6.19. The van der Waals surface area contributed by atoms with E-state index in [9.17, 15) is 4.79 Å². The lowest BCUT2D eigenvalue weighted by Crippen LogP contribution is -2.41. The van der Waals surface area contributed by atoms with E-state index in [0.717, 1.165) is 36.7 Å². The summed E-state index contributed by atoms with van der Waals surface area (Å²) in [6.45, 7) is 6.15. The van der Waals surface area contributed by atoms with Crippen LogP contribution in [0.2, 0.25) is 0 Å². The topological polar surface area (TPSA) is 71.5 Å². The number of amides is 1. The molecule has 0 spiro atoms. The molecule has 28 heavy (non-hydrogen) atoms. The molecule has 0 bridgehead atoms. The van der Waals surface area contributed by atoms with E-state index in [1.54, 1.807) is 6.20 Å². The molecule has 7 nitrogen and oxygen atoms in total. The van der Waals surface area contributed by atoms with Gasteiger partial charge in [0, 0.05) is 32.0 Å². The summed E-state index contributed by atoms with van der Waals surface area (Å²) in [7, 11) is 0. The summed E-state index contributed by atoms with van der Waals surface area (Å²) in [5, 5.41) is 0. The minimum atomic E-state index is 0.00124. The Bertz CT molecular complexity index is 808. The molecule has 0 saturated carbocycles. The zero-order valence-electron chi connectivity index (χ0n) is 16.4. The molecule has 2 aliphatic rings. The van der Waals surface area contributed by atoms with Crippen LogP contribution < -0.4 is 0 Å². The number of ether oxygens (including phenoxy) is 1. The van der Waals surface area contributed by atoms with Crippen molar-refractivity contribution in [3.05, 3.63) is 53.4 Å². The fraction of sp³-hybridized carbons (Fsp3) is 0.524. The van der Waals surface area contributed by atoms with Gasteiger partial charge in [0.05, 0.1) is 36.2 Å². The highest BCUT2D eigenvalue weighted by molar-refractivity contribution is 5.95. The molecule has 4 heterocycles. The molecule has 7 heteroatoms. The minimum absolute atomic E-state index is 0.00124. The van der Waals surface area contributed by atoms with Gasteiger partial charge in [-0.2, -0.15) is 0 Å². The molecule has 4 rings (SSSR count).